The number of benzene rings is 2. The molecule has 3 aromatic rings. The molecule has 3 rings (SSSR count). The van der Waals surface area contributed by atoms with Crippen LogP contribution in [0.3, 0.4) is 0 Å². The van der Waals surface area contributed by atoms with E-state index in [2.05, 4.69) is 15.3 Å². The van der Waals surface area contributed by atoms with Gasteiger partial charge < -0.3 is 10.4 Å². The molecule has 0 unspecified atom stereocenters. The predicted molar refractivity (Wildman–Crippen MR) is 125 cm³/mol. The Bertz CT molecular complexity index is 1030. The Balaban J connectivity index is 1.64. The molecule has 0 fully saturated rings. The molecule has 0 bridgehead atoms. The smallest absolute Gasteiger partial charge is 0.303 e. The highest BCUT2D eigenvalue weighted by atomic mass is 35.5. The number of hydrogen-bond acceptors (Lipinski definition) is 5. The number of aromatic nitrogens is 2. The number of hydrogen-bond donors (Lipinski definition) is 2. The van der Waals surface area contributed by atoms with Gasteiger partial charge in [0.15, 0.2) is 0 Å². The van der Waals surface area contributed by atoms with Crippen LogP contribution in [0.1, 0.15) is 42.5 Å². The molecule has 1 aromatic heterocycles. The average molecular weight is 453 g/mol. The number of nitrogens with one attached hydrogen (secondary N) is 1. The van der Waals surface area contributed by atoms with Crippen LogP contribution in [0.2, 0.25) is 5.02 Å². The summed E-state index contributed by atoms with van der Waals surface area (Å²) in [6.07, 6.45) is 6.32. The Kier molecular flexibility index (Phi) is 8.57. The average Bonchev–Trinajstić information content (AvgIpc) is 2.81. The van der Waals surface area contributed by atoms with Crippen LogP contribution >= 0.6 is 11.6 Å². The first-order valence-corrected chi connectivity index (χ1v) is 10.9. The van der Waals surface area contributed by atoms with Gasteiger partial charge >= 0.3 is 5.97 Å². The number of unbranched alkanes of at least 4 members (excludes halogenated alkanes) is 3. The zero-order valence-corrected chi connectivity index (χ0v) is 18.3. The van der Waals surface area contributed by atoms with E-state index in [1.165, 1.54) is 12.4 Å². The van der Waals surface area contributed by atoms with E-state index < -0.39 is 5.97 Å². The normalized spacial score (nSPS) is 10.5. The summed E-state index contributed by atoms with van der Waals surface area (Å²) in [5.74, 6) is -0.618. The summed E-state index contributed by atoms with van der Waals surface area (Å²) in [6, 6.07) is 17.1. The van der Waals surface area contributed by atoms with Crippen LogP contribution in [0.15, 0.2) is 67.0 Å². The Morgan fingerprint density at radius 2 is 1.56 bits per heavy atom. The third-order valence-corrected chi connectivity index (χ3v) is 5.13. The van der Waals surface area contributed by atoms with E-state index in [4.69, 9.17) is 16.7 Å². The van der Waals surface area contributed by atoms with Gasteiger partial charge in [-0.1, -0.05) is 54.8 Å². The van der Waals surface area contributed by atoms with Crippen LogP contribution in [0.5, 0.6) is 0 Å². The second kappa shape index (κ2) is 11.8. The van der Waals surface area contributed by atoms with Gasteiger partial charge in [0.25, 0.3) is 5.91 Å². The maximum atomic E-state index is 12.4. The number of carboxylic acids is 1. The van der Waals surface area contributed by atoms with E-state index in [-0.39, 0.29) is 12.3 Å². The highest BCUT2D eigenvalue weighted by Crippen LogP contribution is 2.36. The van der Waals surface area contributed by atoms with E-state index in [1.54, 1.807) is 6.07 Å². The SMILES string of the molecule is O=C(O)CCCCCCNC(=O)c1cnc(N(c2ccccc2)c2ccccc2Cl)nc1. The van der Waals surface area contributed by atoms with Crippen LogP contribution < -0.4 is 10.2 Å². The molecule has 1 amide bonds. The van der Waals surface area contributed by atoms with E-state index in [0.29, 0.717) is 29.5 Å². The molecule has 7 nitrogen and oxygen atoms in total. The van der Waals surface area contributed by atoms with Gasteiger partial charge in [-0.2, -0.15) is 0 Å². The first-order valence-electron chi connectivity index (χ1n) is 10.5. The molecule has 0 aliphatic rings. The summed E-state index contributed by atoms with van der Waals surface area (Å²) in [5.41, 5.74) is 1.95. The van der Waals surface area contributed by atoms with Crippen molar-refractivity contribution < 1.29 is 14.7 Å². The van der Waals surface area contributed by atoms with Crippen molar-refractivity contribution in [2.75, 3.05) is 11.4 Å². The molecule has 0 saturated heterocycles. The number of anilines is 3. The number of aliphatic carboxylic acids is 1. The first-order chi connectivity index (χ1) is 15.6. The van der Waals surface area contributed by atoms with Crippen LogP contribution in [-0.4, -0.2) is 33.5 Å². The van der Waals surface area contributed by atoms with Crippen LogP contribution in [0, 0.1) is 0 Å². The minimum Gasteiger partial charge on any atom is -0.481 e. The van der Waals surface area contributed by atoms with Gasteiger partial charge in [0, 0.05) is 31.0 Å². The van der Waals surface area contributed by atoms with E-state index in [9.17, 15) is 9.59 Å². The maximum absolute atomic E-state index is 12.4. The Morgan fingerprint density at radius 1 is 0.906 bits per heavy atom. The fourth-order valence-electron chi connectivity index (χ4n) is 3.19. The van der Waals surface area contributed by atoms with Gasteiger partial charge in [-0.25, -0.2) is 9.97 Å². The number of carbonyl (C=O) groups is 2. The lowest BCUT2D eigenvalue weighted by atomic mass is 10.1. The number of nitrogens with zero attached hydrogens (tertiary/aromatic N) is 3. The van der Waals surface area contributed by atoms with Crippen LogP contribution in [0.4, 0.5) is 17.3 Å². The van der Waals surface area contributed by atoms with E-state index >= 15 is 0 Å². The van der Waals surface area contributed by atoms with Gasteiger partial charge in [0.1, 0.15) is 0 Å². The van der Waals surface area contributed by atoms with Gasteiger partial charge in [0.2, 0.25) is 5.95 Å². The molecule has 0 saturated carbocycles. The second-order valence-corrected chi connectivity index (χ2v) is 7.62. The van der Waals surface area contributed by atoms with Gasteiger partial charge in [-0.05, 0) is 37.1 Å². The van der Waals surface area contributed by atoms with Crippen molar-refractivity contribution in [1.82, 2.24) is 15.3 Å². The summed E-state index contributed by atoms with van der Waals surface area (Å²) in [4.78, 5) is 33.6. The van der Waals surface area contributed by atoms with Crippen molar-refractivity contribution >= 4 is 40.8 Å². The van der Waals surface area contributed by atoms with Crippen molar-refractivity contribution in [2.45, 2.75) is 32.1 Å². The fourth-order valence-corrected chi connectivity index (χ4v) is 3.41. The van der Waals surface area contributed by atoms with Gasteiger partial charge in [-0.15, -0.1) is 0 Å². The molecule has 8 heteroatoms. The van der Waals surface area contributed by atoms with Crippen LogP contribution in [-0.2, 0) is 4.79 Å². The standard InChI is InChI=1S/C24H25ClN4O3/c25-20-12-7-8-13-21(20)29(19-10-4-3-5-11-19)24-27-16-18(17-28-24)23(32)26-15-9-2-1-6-14-22(30)31/h3-5,7-8,10-13,16-17H,1-2,6,9,14-15H2,(H,26,32)(H,30,31). The molecule has 0 atom stereocenters. The summed E-state index contributed by atoms with van der Waals surface area (Å²) in [5, 5.41) is 12.0. The zero-order valence-electron chi connectivity index (χ0n) is 17.6. The summed E-state index contributed by atoms with van der Waals surface area (Å²) in [7, 11) is 0. The van der Waals surface area contributed by atoms with E-state index in [1.807, 2.05) is 53.4 Å². The molecule has 0 spiro atoms. The number of carboxylic acid groups (broad SMARTS) is 1. The lowest BCUT2D eigenvalue weighted by Gasteiger charge is -2.23. The number of halogens is 1. The molecule has 1 heterocycles. The molecular formula is C24H25ClN4O3. The number of carbonyl (C=O) groups excluding carboxylic acids is 1. The van der Waals surface area contributed by atoms with Crippen molar-refractivity contribution in [3.05, 3.63) is 77.6 Å². The largest absolute Gasteiger partial charge is 0.481 e. The first kappa shape index (κ1) is 23.2. The predicted octanol–water partition coefficient (Wildman–Crippen LogP) is 5.36. The maximum Gasteiger partial charge on any atom is 0.303 e. The number of para-hydroxylation sites is 2. The molecule has 0 radical (unpaired) electrons. The summed E-state index contributed by atoms with van der Waals surface area (Å²) < 4.78 is 0. The monoisotopic (exact) mass is 452 g/mol. The number of rotatable bonds is 11. The van der Waals surface area contributed by atoms with Crippen LogP contribution in [0.25, 0.3) is 0 Å². The third kappa shape index (κ3) is 6.52. The fraction of sp³-hybridized carbons (Fsp3) is 0.250. The molecule has 0 aliphatic carbocycles. The Hall–Kier alpha value is -3.45. The molecule has 2 N–H and O–H groups in total. The second-order valence-electron chi connectivity index (χ2n) is 7.21. The molecule has 2 aromatic carbocycles. The highest BCUT2D eigenvalue weighted by molar-refractivity contribution is 6.33. The molecule has 166 valence electrons. The summed E-state index contributed by atoms with van der Waals surface area (Å²) >= 11 is 6.43. The molecular weight excluding hydrogens is 428 g/mol. The Morgan fingerprint density at radius 3 is 2.25 bits per heavy atom. The minimum atomic E-state index is -0.776. The minimum absolute atomic E-state index is 0.185. The molecule has 0 aliphatic heterocycles. The van der Waals surface area contributed by atoms with Crippen molar-refractivity contribution in [3.63, 3.8) is 0 Å². The number of amides is 1. The quantitative estimate of drug-likeness (QED) is 0.380. The van der Waals surface area contributed by atoms with Crippen molar-refractivity contribution in [1.29, 1.82) is 0 Å². The molecule has 32 heavy (non-hydrogen) atoms. The van der Waals surface area contributed by atoms with Crippen molar-refractivity contribution in [3.8, 4) is 0 Å². The topological polar surface area (TPSA) is 95.4 Å². The van der Waals surface area contributed by atoms with E-state index in [0.717, 1.165) is 30.6 Å². The summed E-state index contributed by atoms with van der Waals surface area (Å²) in [6.45, 7) is 0.517. The zero-order chi connectivity index (χ0) is 22.8. The Labute approximate surface area is 192 Å². The highest BCUT2D eigenvalue weighted by Gasteiger charge is 2.18. The third-order valence-electron chi connectivity index (χ3n) is 4.81. The lowest BCUT2D eigenvalue weighted by Crippen LogP contribution is -2.25. The van der Waals surface area contributed by atoms with Gasteiger partial charge in [0.05, 0.1) is 16.3 Å². The van der Waals surface area contributed by atoms with Crippen molar-refractivity contribution in [2.24, 2.45) is 0 Å². The lowest BCUT2D eigenvalue weighted by molar-refractivity contribution is -0.137. The van der Waals surface area contributed by atoms with Gasteiger partial charge in [-0.3, -0.25) is 14.5 Å².